The summed E-state index contributed by atoms with van der Waals surface area (Å²) >= 11 is 3.53. The van der Waals surface area contributed by atoms with Crippen molar-refractivity contribution < 1.29 is 14.6 Å². The molecule has 0 saturated carbocycles. The van der Waals surface area contributed by atoms with Crippen molar-refractivity contribution in [3.05, 3.63) is 64.3 Å². The number of carbonyl (C=O) groups is 1. The van der Waals surface area contributed by atoms with E-state index >= 15 is 0 Å². The molecule has 0 saturated heterocycles. The van der Waals surface area contributed by atoms with Gasteiger partial charge in [-0.15, -0.1) is 0 Å². The smallest absolute Gasteiger partial charge is 0.335 e. The average molecular weight is 402 g/mol. The molecule has 3 rings (SSSR count). The number of carboxylic acids is 1. The summed E-state index contributed by atoms with van der Waals surface area (Å²) in [7, 11) is 0. The van der Waals surface area contributed by atoms with Gasteiger partial charge in [0.1, 0.15) is 5.75 Å². The molecule has 1 N–H and O–H groups in total. The third kappa shape index (κ3) is 4.04. The van der Waals surface area contributed by atoms with Crippen LogP contribution >= 0.6 is 15.9 Å². The molecule has 25 heavy (non-hydrogen) atoms. The van der Waals surface area contributed by atoms with E-state index in [1.807, 2.05) is 30.5 Å². The van der Waals surface area contributed by atoms with E-state index in [1.54, 1.807) is 12.1 Å². The first-order chi connectivity index (χ1) is 11.9. The lowest BCUT2D eigenvalue weighted by molar-refractivity contribution is 0.0697. The summed E-state index contributed by atoms with van der Waals surface area (Å²) in [4.78, 5) is 11.1. The second-order valence-electron chi connectivity index (χ2n) is 6.48. The van der Waals surface area contributed by atoms with Crippen molar-refractivity contribution in [3.8, 4) is 5.75 Å². The number of nitrogens with zero attached hydrogens (tertiary/aromatic N) is 1. The number of fused-ring (bicyclic) bond motifs is 1. The van der Waals surface area contributed by atoms with Crippen molar-refractivity contribution in [2.75, 3.05) is 6.61 Å². The van der Waals surface area contributed by atoms with Crippen LogP contribution in [-0.2, 0) is 6.54 Å². The van der Waals surface area contributed by atoms with Gasteiger partial charge >= 0.3 is 5.97 Å². The molecule has 0 amide bonds. The summed E-state index contributed by atoms with van der Waals surface area (Å²) in [5.41, 5.74) is 2.38. The molecule has 0 aliphatic carbocycles. The Morgan fingerprint density at radius 1 is 1.20 bits per heavy atom. The van der Waals surface area contributed by atoms with Gasteiger partial charge in [-0.05, 0) is 48.4 Å². The number of halogens is 1. The molecule has 0 bridgehead atoms. The molecule has 1 heterocycles. The maximum Gasteiger partial charge on any atom is 0.335 e. The topological polar surface area (TPSA) is 51.5 Å². The van der Waals surface area contributed by atoms with Crippen molar-refractivity contribution >= 4 is 32.8 Å². The lowest BCUT2D eigenvalue weighted by atomic mass is 10.1. The molecule has 0 unspecified atom stereocenters. The Bertz CT molecular complexity index is 914. The van der Waals surface area contributed by atoms with E-state index in [0.717, 1.165) is 26.7 Å². The Balaban J connectivity index is 1.93. The number of hydrogen-bond donors (Lipinski definition) is 1. The van der Waals surface area contributed by atoms with Gasteiger partial charge in [-0.3, -0.25) is 0 Å². The first kappa shape index (κ1) is 17.5. The molecular formula is C20H20BrNO3. The summed E-state index contributed by atoms with van der Waals surface area (Å²) in [5.74, 6) is 0.422. The fraction of sp³-hybridized carbons (Fsp3) is 0.250. The maximum absolute atomic E-state index is 11.1. The van der Waals surface area contributed by atoms with Gasteiger partial charge < -0.3 is 14.4 Å². The standard InChI is InChI=1S/C20H20BrNO3/c1-13(2)12-25-19-6-4-17(21)10-16(19)11-22-8-7-14-9-15(20(23)24)3-5-18(14)22/h3-10,13H,11-12H2,1-2H3,(H,23,24). The number of benzene rings is 2. The molecule has 0 aliphatic rings. The van der Waals surface area contributed by atoms with Gasteiger partial charge in [0.15, 0.2) is 0 Å². The van der Waals surface area contributed by atoms with Gasteiger partial charge in [-0.1, -0.05) is 29.8 Å². The number of ether oxygens (including phenoxy) is 1. The van der Waals surface area contributed by atoms with Crippen molar-refractivity contribution in [2.45, 2.75) is 20.4 Å². The molecule has 3 aromatic rings. The quantitative estimate of drug-likeness (QED) is 0.618. The Hall–Kier alpha value is -2.27. The highest BCUT2D eigenvalue weighted by atomic mass is 79.9. The van der Waals surface area contributed by atoms with Crippen molar-refractivity contribution in [1.29, 1.82) is 0 Å². The number of aromatic nitrogens is 1. The highest BCUT2D eigenvalue weighted by Gasteiger charge is 2.10. The molecular weight excluding hydrogens is 382 g/mol. The van der Waals surface area contributed by atoms with Crippen LogP contribution in [0, 0.1) is 5.92 Å². The largest absolute Gasteiger partial charge is 0.493 e. The van der Waals surface area contributed by atoms with Gasteiger partial charge in [0, 0.05) is 27.1 Å². The van der Waals surface area contributed by atoms with Crippen LogP contribution in [-0.4, -0.2) is 22.2 Å². The molecule has 0 spiro atoms. The summed E-state index contributed by atoms with van der Waals surface area (Å²) < 4.78 is 9.06. The molecule has 5 heteroatoms. The molecule has 4 nitrogen and oxygen atoms in total. The SMILES string of the molecule is CC(C)COc1ccc(Br)cc1Cn1ccc2cc(C(=O)O)ccc21. The summed E-state index contributed by atoms with van der Waals surface area (Å²) in [6.07, 6.45) is 1.98. The van der Waals surface area contributed by atoms with Gasteiger partial charge in [0.05, 0.1) is 18.7 Å². The summed E-state index contributed by atoms with van der Waals surface area (Å²) in [6.45, 7) is 5.57. The fourth-order valence-electron chi connectivity index (χ4n) is 2.72. The fourth-order valence-corrected chi connectivity index (χ4v) is 3.13. The monoisotopic (exact) mass is 401 g/mol. The number of hydrogen-bond acceptors (Lipinski definition) is 2. The van der Waals surface area contributed by atoms with E-state index in [-0.39, 0.29) is 0 Å². The highest BCUT2D eigenvalue weighted by molar-refractivity contribution is 9.10. The van der Waals surface area contributed by atoms with Gasteiger partial charge in [-0.2, -0.15) is 0 Å². The number of carboxylic acid groups (broad SMARTS) is 1. The first-order valence-electron chi connectivity index (χ1n) is 8.17. The van der Waals surface area contributed by atoms with E-state index in [1.165, 1.54) is 0 Å². The Labute approximate surface area is 155 Å². The Kier molecular flexibility index (Phi) is 5.13. The van der Waals surface area contributed by atoms with Crippen molar-refractivity contribution in [3.63, 3.8) is 0 Å². The van der Waals surface area contributed by atoms with Crippen molar-refractivity contribution in [1.82, 2.24) is 4.57 Å². The van der Waals surface area contributed by atoms with E-state index in [9.17, 15) is 4.79 Å². The summed E-state index contributed by atoms with van der Waals surface area (Å²) in [5, 5.41) is 10.0. The Morgan fingerprint density at radius 3 is 2.72 bits per heavy atom. The highest BCUT2D eigenvalue weighted by Crippen LogP contribution is 2.27. The molecule has 130 valence electrons. The second-order valence-corrected chi connectivity index (χ2v) is 7.39. The third-order valence-corrected chi connectivity index (χ3v) is 4.45. The minimum atomic E-state index is -0.911. The van der Waals surface area contributed by atoms with Crippen LogP contribution in [0.5, 0.6) is 5.75 Å². The lowest BCUT2D eigenvalue weighted by Crippen LogP contribution is -2.08. The van der Waals surface area contributed by atoms with Crippen LogP contribution in [0.1, 0.15) is 29.8 Å². The second kappa shape index (κ2) is 7.31. The molecule has 0 fully saturated rings. The molecule has 1 aromatic heterocycles. The lowest BCUT2D eigenvalue weighted by Gasteiger charge is -2.15. The Morgan fingerprint density at radius 2 is 2.00 bits per heavy atom. The van der Waals surface area contributed by atoms with Crippen LogP contribution in [0.25, 0.3) is 10.9 Å². The van der Waals surface area contributed by atoms with E-state index in [4.69, 9.17) is 9.84 Å². The predicted molar refractivity (Wildman–Crippen MR) is 102 cm³/mol. The van der Waals surface area contributed by atoms with Gasteiger partial charge in [0.25, 0.3) is 0 Å². The van der Waals surface area contributed by atoms with Crippen LogP contribution in [0.2, 0.25) is 0 Å². The zero-order valence-corrected chi connectivity index (χ0v) is 15.8. The van der Waals surface area contributed by atoms with Gasteiger partial charge in [-0.25, -0.2) is 4.79 Å². The van der Waals surface area contributed by atoms with Gasteiger partial charge in [0.2, 0.25) is 0 Å². The normalized spacial score (nSPS) is 11.2. The zero-order valence-electron chi connectivity index (χ0n) is 14.2. The van der Waals surface area contributed by atoms with Crippen molar-refractivity contribution in [2.24, 2.45) is 5.92 Å². The number of rotatable bonds is 6. The van der Waals surface area contributed by atoms with Crippen LogP contribution in [0.15, 0.2) is 53.1 Å². The van der Waals surface area contributed by atoms with E-state index < -0.39 is 5.97 Å². The minimum Gasteiger partial charge on any atom is -0.493 e. The van der Waals surface area contributed by atoms with Crippen LogP contribution in [0.4, 0.5) is 0 Å². The first-order valence-corrected chi connectivity index (χ1v) is 8.97. The molecule has 0 atom stereocenters. The molecule has 0 radical (unpaired) electrons. The van der Waals surface area contributed by atoms with E-state index in [0.29, 0.717) is 24.6 Å². The number of aromatic carboxylic acids is 1. The summed E-state index contributed by atoms with van der Waals surface area (Å²) in [6, 6.07) is 13.2. The molecule has 2 aromatic carbocycles. The predicted octanol–water partition coefficient (Wildman–Crippen LogP) is 5.19. The van der Waals surface area contributed by atoms with Crippen LogP contribution in [0.3, 0.4) is 0 Å². The molecule has 0 aliphatic heterocycles. The maximum atomic E-state index is 11.1. The third-order valence-electron chi connectivity index (χ3n) is 3.95. The average Bonchev–Trinajstić information content (AvgIpc) is 2.96. The van der Waals surface area contributed by atoms with Crippen LogP contribution < -0.4 is 4.74 Å². The minimum absolute atomic E-state index is 0.300. The van der Waals surface area contributed by atoms with E-state index in [2.05, 4.69) is 40.4 Å². The zero-order chi connectivity index (χ0) is 18.0.